The molecule has 1 N–H and O–H groups in total. The molecule has 0 aliphatic carbocycles. The summed E-state index contributed by atoms with van der Waals surface area (Å²) < 4.78 is 40.8. The minimum Gasteiger partial charge on any atom is -0.354 e. The minimum absolute atomic E-state index is 0.0174. The molecule has 3 aromatic carbocycles. The first-order valence-corrected chi connectivity index (χ1v) is 14.9. The molecule has 0 spiro atoms. The summed E-state index contributed by atoms with van der Waals surface area (Å²) in [5.74, 6) is -1.78. The summed E-state index contributed by atoms with van der Waals surface area (Å²) in [6.45, 7) is 1.78. The average Bonchev–Trinajstić information content (AvgIpc) is 2.91. The molecule has 2 amide bonds. The molecular weight excluding hydrogens is 541 g/mol. The lowest BCUT2D eigenvalue weighted by Gasteiger charge is -2.33. The fraction of sp³-hybridized carbons (Fsp3) is 0.310. The molecule has 10 heteroatoms. The molecule has 0 radical (unpaired) electrons. The Bertz CT molecular complexity index is 1350. The molecule has 0 aromatic heterocycles. The first-order chi connectivity index (χ1) is 18.6. The van der Waals surface area contributed by atoms with Crippen LogP contribution < -0.4 is 9.62 Å². The predicted molar refractivity (Wildman–Crippen MR) is 152 cm³/mol. The van der Waals surface area contributed by atoms with Crippen LogP contribution in [0.3, 0.4) is 0 Å². The van der Waals surface area contributed by atoms with Crippen molar-refractivity contribution in [3.63, 3.8) is 0 Å². The fourth-order valence-electron chi connectivity index (χ4n) is 4.10. The molecule has 3 rings (SSSR count). The highest BCUT2D eigenvalue weighted by Crippen LogP contribution is 2.23. The maximum atomic E-state index is 14.6. The molecule has 0 bridgehead atoms. The number of nitrogens with zero attached hydrogens (tertiary/aromatic N) is 2. The van der Waals surface area contributed by atoms with Crippen molar-refractivity contribution in [1.29, 1.82) is 0 Å². The van der Waals surface area contributed by atoms with Gasteiger partial charge in [-0.2, -0.15) is 0 Å². The van der Waals surface area contributed by atoms with Gasteiger partial charge in [0, 0.05) is 24.5 Å². The number of benzene rings is 3. The number of amides is 2. The van der Waals surface area contributed by atoms with Gasteiger partial charge in [-0.05, 0) is 41.8 Å². The Balaban J connectivity index is 2.03. The zero-order chi connectivity index (χ0) is 28.4. The number of carbonyl (C=O) groups excluding carboxylic acids is 2. The highest BCUT2D eigenvalue weighted by molar-refractivity contribution is 7.92. The number of nitrogens with one attached hydrogen (secondary N) is 1. The smallest absolute Gasteiger partial charge is 0.244 e. The summed E-state index contributed by atoms with van der Waals surface area (Å²) in [7, 11) is -4.04. The van der Waals surface area contributed by atoms with Crippen LogP contribution in [0.15, 0.2) is 78.9 Å². The van der Waals surface area contributed by atoms with Crippen molar-refractivity contribution >= 4 is 39.1 Å². The summed E-state index contributed by atoms with van der Waals surface area (Å²) in [6, 6.07) is 20.5. The van der Waals surface area contributed by atoms with Gasteiger partial charge in [-0.1, -0.05) is 79.5 Å². The summed E-state index contributed by atoms with van der Waals surface area (Å²) in [5, 5.41) is 3.42. The van der Waals surface area contributed by atoms with Crippen molar-refractivity contribution in [3.8, 4) is 0 Å². The van der Waals surface area contributed by atoms with E-state index in [1.165, 1.54) is 23.1 Å². The van der Waals surface area contributed by atoms with Crippen LogP contribution in [0.25, 0.3) is 0 Å². The Morgan fingerprint density at radius 1 is 0.949 bits per heavy atom. The molecular formula is C29H33ClFN3O4S. The monoisotopic (exact) mass is 573 g/mol. The zero-order valence-electron chi connectivity index (χ0n) is 22.0. The summed E-state index contributed by atoms with van der Waals surface area (Å²) in [5.41, 5.74) is 1.28. The van der Waals surface area contributed by atoms with Gasteiger partial charge in [-0.15, -0.1) is 0 Å². The number of unbranched alkanes of at least 4 members (excludes halogenated alkanes) is 1. The topological polar surface area (TPSA) is 86.8 Å². The van der Waals surface area contributed by atoms with E-state index in [-0.39, 0.29) is 24.6 Å². The van der Waals surface area contributed by atoms with Crippen LogP contribution in [0.4, 0.5) is 10.1 Å². The second kappa shape index (κ2) is 14.1. The minimum atomic E-state index is -4.04. The van der Waals surface area contributed by atoms with Gasteiger partial charge in [0.2, 0.25) is 21.8 Å². The number of sulfonamides is 1. The third-order valence-corrected chi connectivity index (χ3v) is 7.55. The van der Waals surface area contributed by atoms with Gasteiger partial charge in [-0.25, -0.2) is 12.8 Å². The van der Waals surface area contributed by atoms with Gasteiger partial charge in [0.25, 0.3) is 0 Å². The van der Waals surface area contributed by atoms with Crippen molar-refractivity contribution < 1.29 is 22.4 Å². The Morgan fingerprint density at radius 3 is 2.21 bits per heavy atom. The maximum Gasteiger partial charge on any atom is 0.244 e. The van der Waals surface area contributed by atoms with Crippen molar-refractivity contribution in [3.05, 3.63) is 101 Å². The maximum absolute atomic E-state index is 14.6. The van der Waals surface area contributed by atoms with Gasteiger partial charge in [-0.3, -0.25) is 13.9 Å². The van der Waals surface area contributed by atoms with Crippen LogP contribution in [0.1, 0.15) is 30.9 Å². The molecule has 0 saturated heterocycles. The molecule has 0 saturated carbocycles. The van der Waals surface area contributed by atoms with Gasteiger partial charge in [0.15, 0.2) is 0 Å². The van der Waals surface area contributed by atoms with E-state index in [2.05, 4.69) is 5.32 Å². The van der Waals surface area contributed by atoms with Crippen LogP contribution in [0.2, 0.25) is 5.02 Å². The third-order valence-electron chi connectivity index (χ3n) is 6.17. The van der Waals surface area contributed by atoms with E-state index in [1.54, 1.807) is 24.3 Å². The first-order valence-electron chi connectivity index (χ1n) is 12.7. The van der Waals surface area contributed by atoms with Crippen LogP contribution in [0, 0.1) is 5.82 Å². The van der Waals surface area contributed by atoms with Crippen LogP contribution in [-0.2, 0) is 32.6 Å². The molecule has 0 aliphatic rings. The molecule has 0 fully saturated rings. The lowest BCUT2D eigenvalue weighted by Crippen LogP contribution is -2.53. The Hall–Kier alpha value is -3.43. The van der Waals surface area contributed by atoms with Crippen molar-refractivity contribution in [2.75, 3.05) is 23.7 Å². The van der Waals surface area contributed by atoms with Crippen molar-refractivity contribution in [1.82, 2.24) is 10.2 Å². The summed E-state index contributed by atoms with van der Waals surface area (Å²) >= 11 is 6.05. The van der Waals surface area contributed by atoms with E-state index in [1.807, 2.05) is 37.3 Å². The summed E-state index contributed by atoms with van der Waals surface area (Å²) in [6.07, 6.45) is 2.76. The van der Waals surface area contributed by atoms with E-state index < -0.39 is 34.3 Å². The van der Waals surface area contributed by atoms with E-state index in [9.17, 15) is 22.4 Å². The quantitative estimate of drug-likeness (QED) is 0.298. The first kappa shape index (κ1) is 30.1. The Morgan fingerprint density at radius 2 is 1.59 bits per heavy atom. The summed E-state index contributed by atoms with van der Waals surface area (Å²) in [4.78, 5) is 28.8. The number of hydrogen-bond donors (Lipinski definition) is 1. The number of halogens is 2. The molecule has 7 nitrogen and oxygen atoms in total. The molecule has 0 unspecified atom stereocenters. The molecule has 3 aromatic rings. The number of hydrogen-bond acceptors (Lipinski definition) is 4. The molecule has 0 aliphatic heterocycles. The lowest BCUT2D eigenvalue weighted by atomic mass is 10.0. The predicted octanol–water partition coefficient (Wildman–Crippen LogP) is 4.80. The van der Waals surface area contributed by atoms with E-state index in [0.717, 1.165) is 35.0 Å². The zero-order valence-corrected chi connectivity index (χ0v) is 23.6. The molecule has 208 valence electrons. The second-order valence-corrected chi connectivity index (χ2v) is 11.6. The highest BCUT2D eigenvalue weighted by Gasteiger charge is 2.33. The van der Waals surface area contributed by atoms with Crippen molar-refractivity contribution in [2.24, 2.45) is 0 Å². The molecule has 0 heterocycles. The number of anilines is 1. The van der Waals surface area contributed by atoms with Crippen LogP contribution in [-0.4, -0.2) is 50.5 Å². The number of para-hydroxylation sites is 1. The number of rotatable bonds is 13. The van der Waals surface area contributed by atoms with Gasteiger partial charge in [0.05, 0.1) is 11.9 Å². The average molecular weight is 574 g/mol. The van der Waals surface area contributed by atoms with E-state index in [4.69, 9.17) is 11.6 Å². The van der Waals surface area contributed by atoms with E-state index in [0.29, 0.717) is 17.1 Å². The standard InChI is InChI=1S/C29H33ClFN3O4S/c1-3-4-18-32-29(36)27(19-22-10-6-5-7-11-22)33(20-23-14-16-24(30)17-15-23)28(35)21-34(39(2,37)38)26-13-9-8-12-25(26)31/h5-17,27H,3-4,18-21H2,1-2H3,(H,32,36)/t27-/m1/s1. The van der Waals surface area contributed by atoms with Crippen molar-refractivity contribution in [2.45, 2.75) is 38.8 Å². The molecule has 39 heavy (non-hydrogen) atoms. The second-order valence-electron chi connectivity index (χ2n) is 9.22. The van der Waals surface area contributed by atoms with Crippen LogP contribution in [0.5, 0.6) is 0 Å². The lowest BCUT2D eigenvalue weighted by molar-refractivity contribution is -0.140. The highest BCUT2D eigenvalue weighted by atomic mass is 35.5. The van der Waals surface area contributed by atoms with E-state index >= 15 is 0 Å². The largest absolute Gasteiger partial charge is 0.354 e. The molecule has 1 atom stereocenters. The third kappa shape index (κ3) is 8.80. The normalized spacial score (nSPS) is 12.0. The SMILES string of the molecule is CCCCNC(=O)[C@@H](Cc1ccccc1)N(Cc1ccc(Cl)cc1)C(=O)CN(c1ccccc1F)S(C)(=O)=O. The van der Waals surface area contributed by atoms with Gasteiger partial charge < -0.3 is 10.2 Å². The number of carbonyl (C=O) groups is 2. The Kier molecular flexibility index (Phi) is 10.9. The van der Waals surface area contributed by atoms with Gasteiger partial charge in [0.1, 0.15) is 18.4 Å². The van der Waals surface area contributed by atoms with Crippen LogP contribution >= 0.6 is 11.6 Å². The fourth-order valence-corrected chi connectivity index (χ4v) is 5.07. The van der Waals surface area contributed by atoms with Gasteiger partial charge >= 0.3 is 0 Å². The Labute approximate surface area is 234 Å².